The van der Waals surface area contributed by atoms with Gasteiger partial charge in [0.2, 0.25) is 0 Å². The number of fused-ring (bicyclic) bond motifs is 1. The molecule has 1 aromatic carbocycles. The van der Waals surface area contributed by atoms with Gasteiger partial charge in [-0.1, -0.05) is 6.07 Å². The molecule has 0 bridgehead atoms. The van der Waals surface area contributed by atoms with E-state index in [1.807, 2.05) is 18.2 Å². The van der Waals surface area contributed by atoms with Gasteiger partial charge in [-0.2, -0.15) is 0 Å². The largest absolute Gasteiger partial charge is 0.377 e. The maximum atomic E-state index is 12.3. The van der Waals surface area contributed by atoms with Gasteiger partial charge < -0.3 is 5.32 Å². The van der Waals surface area contributed by atoms with Crippen molar-refractivity contribution in [3.8, 4) is 0 Å². The second-order valence-electron chi connectivity index (χ2n) is 4.10. The molecule has 1 aromatic rings. The third-order valence-electron chi connectivity index (χ3n) is 2.87. The monoisotopic (exact) mass is 211 g/mol. The fraction of sp³-hybridized carbons (Fsp3) is 0.500. The zero-order chi connectivity index (χ0) is 10.8. The molecule has 0 spiro atoms. The van der Waals surface area contributed by atoms with Crippen LogP contribution < -0.4 is 5.32 Å². The number of hydrogen-bond donors (Lipinski definition) is 1. The van der Waals surface area contributed by atoms with E-state index in [2.05, 4.69) is 5.32 Å². The van der Waals surface area contributed by atoms with E-state index in [-0.39, 0.29) is 0 Å². The van der Waals surface area contributed by atoms with Crippen LogP contribution in [-0.4, -0.2) is 12.5 Å². The van der Waals surface area contributed by atoms with E-state index < -0.39 is 12.5 Å². The summed E-state index contributed by atoms with van der Waals surface area (Å²) in [7, 11) is 0. The lowest BCUT2D eigenvalue weighted by molar-refractivity contribution is 0.131. The number of alkyl halides is 2. The number of benzene rings is 1. The summed E-state index contributed by atoms with van der Waals surface area (Å²) < 4.78 is 24.7. The summed E-state index contributed by atoms with van der Waals surface area (Å²) in [6.45, 7) is 1.50. The number of anilines is 1. The van der Waals surface area contributed by atoms with Crippen molar-refractivity contribution in [1.29, 1.82) is 0 Å². The SMILES string of the molecule is CC(Nc1ccc2c(c1)CCC2)C(F)F. The highest BCUT2D eigenvalue weighted by Gasteiger charge is 2.15. The molecule has 82 valence electrons. The Morgan fingerprint density at radius 2 is 1.93 bits per heavy atom. The van der Waals surface area contributed by atoms with E-state index in [1.165, 1.54) is 24.5 Å². The van der Waals surface area contributed by atoms with Crippen molar-refractivity contribution >= 4 is 5.69 Å². The highest BCUT2D eigenvalue weighted by atomic mass is 19.3. The van der Waals surface area contributed by atoms with Gasteiger partial charge in [-0.3, -0.25) is 0 Å². The molecule has 0 saturated heterocycles. The van der Waals surface area contributed by atoms with Crippen LogP contribution in [-0.2, 0) is 12.8 Å². The molecule has 0 radical (unpaired) electrons. The topological polar surface area (TPSA) is 12.0 Å². The highest BCUT2D eigenvalue weighted by molar-refractivity contribution is 5.50. The Morgan fingerprint density at radius 3 is 2.67 bits per heavy atom. The lowest BCUT2D eigenvalue weighted by Crippen LogP contribution is -2.23. The fourth-order valence-corrected chi connectivity index (χ4v) is 1.99. The van der Waals surface area contributed by atoms with Gasteiger partial charge in [-0.25, -0.2) is 8.78 Å². The smallest absolute Gasteiger partial charge is 0.258 e. The van der Waals surface area contributed by atoms with Crippen LogP contribution in [0.25, 0.3) is 0 Å². The maximum absolute atomic E-state index is 12.3. The Bertz CT molecular complexity index is 349. The van der Waals surface area contributed by atoms with Crippen LogP contribution in [0.1, 0.15) is 24.5 Å². The molecule has 1 aliphatic rings. The molecule has 3 heteroatoms. The predicted molar refractivity (Wildman–Crippen MR) is 57.6 cm³/mol. The van der Waals surface area contributed by atoms with Crippen LogP contribution >= 0.6 is 0 Å². The molecule has 0 saturated carbocycles. The molecular formula is C12H15F2N. The Labute approximate surface area is 88.5 Å². The predicted octanol–water partition coefficient (Wildman–Crippen LogP) is 3.24. The molecule has 0 amide bonds. The van der Waals surface area contributed by atoms with Gasteiger partial charge in [0.15, 0.2) is 0 Å². The third kappa shape index (κ3) is 2.28. The standard InChI is InChI=1S/C12H15F2N/c1-8(12(13)14)15-11-6-5-9-3-2-4-10(9)7-11/h5-8,12,15H,2-4H2,1H3. The lowest BCUT2D eigenvalue weighted by Gasteiger charge is -2.14. The van der Waals surface area contributed by atoms with Crippen LogP contribution in [0.4, 0.5) is 14.5 Å². The summed E-state index contributed by atoms with van der Waals surface area (Å²) in [4.78, 5) is 0. The molecule has 1 unspecified atom stereocenters. The van der Waals surface area contributed by atoms with Gasteiger partial charge >= 0.3 is 0 Å². The number of aryl methyl sites for hydroxylation is 2. The van der Waals surface area contributed by atoms with Gasteiger partial charge in [0.25, 0.3) is 6.43 Å². The fourth-order valence-electron chi connectivity index (χ4n) is 1.99. The molecule has 1 aliphatic carbocycles. The van der Waals surface area contributed by atoms with Crippen LogP contribution in [0, 0.1) is 0 Å². The van der Waals surface area contributed by atoms with E-state index in [0.29, 0.717) is 0 Å². The van der Waals surface area contributed by atoms with E-state index in [9.17, 15) is 8.78 Å². The zero-order valence-corrected chi connectivity index (χ0v) is 8.76. The molecular weight excluding hydrogens is 196 g/mol. The average molecular weight is 211 g/mol. The number of hydrogen-bond acceptors (Lipinski definition) is 1. The summed E-state index contributed by atoms with van der Waals surface area (Å²) >= 11 is 0. The van der Waals surface area contributed by atoms with Crippen LogP contribution in [0.2, 0.25) is 0 Å². The lowest BCUT2D eigenvalue weighted by atomic mass is 10.1. The summed E-state index contributed by atoms with van der Waals surface area (Å²) in [5.41, 5.74) is 3.48. The van der Waals surface area contributed by atoms with Crippen molar-refractivity contribution in [3.05, 3.63) is 29.3 Å². The van der Waals surface area contributed by atoms with Gasteiger partial charge in [-0.15, -0.1) is 0 Å². The first-order valence-corrected chi connectivity index (χ1v) is 5.33. The van der Waals surface area contributed by atoms with Crippen LogP contribution in [0.5, 0.6) is 0 Å². The van der Waals surface area contributed by atoms with Crippen LogP contribution in [0.15, 0.2) is 18.2 Å². The molecule has 15 heavy (non-hydrogen) atoms. The minimum Gasteiger partial charge on any atom is -0.377 e. The molecule has 0 aliphatic heterocycles. The minimum absolute atomic E-state index is 0.788. The van der Waals surface area contributed by atoms with Gasteiger partial charge in [0, 0.05) is 5.69 Å². The number of nitrogens with one attached hydrogen (secondary N) is 1. The van der Waals surface area contributed by atoms with Gasteiger partial charge in [0.1, 0.15) is 0 Å². The minimum atomic E-state index is -2.32. The summed E-state index contributed by atoms with van der Waals surface area (Å²) in [5.74, 6) is 0. The molecule has 0 heterocycles. The summed E-state index contributed by atoms with van der Waals surface area (Å²) in [6, 6.07) is 5.15. The quantitative estimate of drug-likeness (QED) is 0.809. The van der Waals surface area contributed by atoms with E-state index in [1.54, 1.807) is 0 Å². The van der Waals surface area contributed by atoms with Crippen molar-refractivity contribution in [3.63, 3.8) is 0 Å². The number of halogens is 2. The van der Waals surface area contributed by atoms with Gasteiger partial charge in [0.05, 0.1) is 6.04 Å². The zero-order valence-electron chi connectivity index (χ0n) is 8.76. The first kappa shape index (κ1) is 10.4. The highest BCUT2D eigenvalue weighted by Crippen LogP contribution is 2.25. The first-order chi connectivity index (χ1) is 7.16. The second-order valence-corrected chi connectivity index (χ2v) is 4.10. The maximum Gasteiger partial charge on any atom is 0.258 e. The van der Waals surface area contributed by atoms with Crippen molar-refractivity contribution in [2.75, 3.05) is 5.32 Å². The van der Waals surface area contributed by atoms with Crippen molar-refractivity contribution in [1.82, 2.24) is 0 Å². The Morgan fingerprint density at radius 1 is 1.20 bits per heavy atom. The van der Waals surface area contributed by atoms with E-state index >= 15 is 0 Å². The Kier molecular flexibility index (Phi) is 2.89. The molecule has 1 nitrogen and oxygen atoms in total. The van der Waals surface area contributed by atoms with E-state index in [4.69, 9.17) is 0 Å². The average Bonchev–Trinajstić information content (AvgIpc) is 2.64. The normalized spacial score (nSPS) is 16.5. The van der Waals surface area contributed by atoms with E-state index in [0.717, 1.165) is 18.5 Å². The third-order valence-corrected chi connectivity index (χ3v) is 2.87. The van der Waals surface area contributed by atoms with Gasteiger partial charge in [-0.05, 0) is 49.4 Å². The summed E-state index contributed by atoms with van der Waals surface area (Å²) in [6.07, 6.45) is 1.06. The number of rotatable bonds is 3. The Hall–Kier alpha value is -1.12. The molecule has 2 rings (SSSR count). The van der Waals surface area contributed by atoms with Crippen molar-refractivity contribution in [2.24, 2.45) is 0 Å². The van der Waals surface area contributed by atoms with Crippen LogP contribution in [0.3, 0.4) is 0 Å². The molecule has 0 fully saturated rings. The molecule has 1 atom stereocenters. The first-order valence-electron chi connectivity index (χ1n) is 5.33. The van der Waals surface area contributed by atoms with Crippen molar-refractivity contribution in [2.45, 2.75) is 38.7 Å². The molecule has 1 N–H and O–H groups in total. The second kappa shape index (κ2) is 4.17. The summed E-state index contributed by atoms with van der Waals surface area (Å²) in [5, 5.41) is 2.82. The Balaban J connectivity index is 2.10. The molecule has 0 aromatic heterocycles. The van der Waals surface area contributed by atoms with Crippen molar-refractivity contribution < 1.29 is 8.78 Å².